The number of hydrogen-bond donors (Lipinski definition) is 1. The van der Waals surface area contributed by atoms with Crippen molar-refractivity contribution in [2.75, 3.05) is 13.2 Å². The Morgan fingerprint density at radius 2 is 2.27 bits per heavy atom. The molecule has 3 unspecified atom stereocenters. The van der Waals surface area contributed by atoms with Crippen LogP contribution >= 0.6 is 0 Å². The van der Waals surface area contributed by atoms with E-state index < -0.39 is 18.2 Å². The fourth-order valence-corrected chi connectivity index (χ4v) is 1.81. The second kappa shape index (κ2) is 3.52. The lowest BCUT2D eigenvalue weighted by molar-refractivity contribution is -0.150. The molecule has 6 heteroatoms. The largest absolute Gasteiger partial charge is 0.458 e. The summed E-state index contributed by atoms with van der Waals surface area (Å²) in [5, 5.41) is 2.46. The fraction of sp³-hybridized carbons (Fsp3) is 0.667. The summed E-state index contributed by atoms with van der Waals surface area (Å²) < 4.78 is 9.70. The molecule has 0 aromatic rings. The molecule has 0 aromatic heterocycles. The molecule has 1 aliphatic carbocycles. The minimum absolute atomic E-state index is 0.0204. The third kappa shape index (κ3) is 1.93. The number of hydrogen-bond acceptors (Lipinski definition) is 5. The maximum Gasteiger partial charge on any atom is 0.407 e. The molecule has 0 bridgehead atoms. The van der Waals surface area contributed by atoms with Crippen LogP contribution in [0.15, 0.2) is 0 Å². The molecule has 1 aliphatic heterocycles. The number of Topliss-reactive ketones (excluding diaryl/α,β-unsaturated/α-hetero) is 1. The van der Waals surface area contributed by atoms with E-state index in [1.54, 1.807) is 0 Å². The smallest absolute Gasteiger partial charge is 0.407 e. The van der Waals surface area contributed by atoms with E-state index in [1.807, 2.05) is 0 Å². The lowest BCUT2D eigenvalue weighted by Crippen LogP contribution is -2.36. The number of esters is 1. The van der Waals surface area contributed by atoms with Gasteiger partial charge in [0.05, 0.1) is 5.92 Å². The molecule has 1 amide bonds. The van der Waals surface area contributed by atoms with Gasteiger partial charge in [-0.3, -0.25) is 9.59 Å². The van der Waals surface area contributed by atoms with Crippen molar-refractivity contribution in [2.24, 2.45) is 11.8 Å². The average Bonchev–Trinajstić information content (AvgIpc) is 2.77. The number of amides is 1. The lowest BCUT2D eigenvalue weighted by Gasteiger charge is -2.18. The summed E-state index contributed by atoms with van der Waals surface area (Å²) in [6.45, 7) is 1.47. The van der Waals surface area contributed by atoms with Crippen LogP contribution in [0.1, 0.15) is 6.92 Å². The van der Waals surface area contributed by atoms with Crippen molar-refractivity contribution in [3.05, 3.63) is 0 Å². The molecular weight excluding hydrogens is 202 g/mol. The zero-order valence-corrected chi connectivity index (χ0v) is 8.19. The number of alkyl carbamates (subject to hydrolysis) is 1. The Kier molecular flexibility index (Phi) is 2.34. The van der Waals surface area contributed by atoms with Crippen molar-refractivity contribution >= 4 is 17.8 Å². The number of rotatable bonds is 1. The summed E-state index contributed by atoms with van der Waals surface area (Å²) in [5.41, 5.74) is 0. The molecule has 1 heterocycles. The van der Waals surface area contributed by atoms with E-state index >= 15 is 0 Å². The Labute approximate surface area is 85.9 Å². The third-order valence-corrected chi connectivity index (χ3v) is 2.58. The van der Waals surface area contributed by atoms with Gasteiger partial charge in [0.2, 0.25) is 0 Å². The number of carbonyl (C=O) groups excluding carboxylic acids is 3. The highest BCUT2D eigenvalue weighted by atomic mass is 16.6. The highest BCUT2D eigenvalue weighted by molar-refractivity contribution is 6.00. The van der Waals surface area contributed by atoms with E-state index in [0.29, 0.717) is 0 Å². The molecule has 2 fully saturated rings. The van der Waals surface area contributed by atoms with Crippen molar-refractivity contribution in [1.82, 2.24) is 5.32 Å². The van der Waals surface area contributed by atoms with Gasteiger partial charge < -0.3 is 14.8 Å². The third-order valence-electron chi connectivity index (χ3n) is 2.58. The van der Waals surface area contributed by atoms with Crippen LogP contribution in [0.2, 0.25) is 0 Å². The van der Waals surface area contributed by atoms with Crippen LogP contribution in [0.25, 0.3) is 0 Å². The summed E-state index contributed by atoms with van der Waals surface area (Å²) >= 11 is 0. The normalized spacial score (nSPS) is 34.1. The number of carbonyl (C=O) groups is 3. The van der Waals surface area contributed by atoms with E-state index in [4.69, 9.17) is 9.47 Å². The molecule has 6 nitrogen and oxygen atoms in total. The van der Waals surface area contributed by atoms with Crippen molar-refractivity contribution in [3.63, 3.8) is 0 Å². The monoisotopic (exact) mass is 213 g/mol. The van der Waals surface area contributed by atoms with E-state index in [0.717, 1.165) is 0 Å². The van der Waals surface area contributed by atoms with Gasteiger partial charge in [-0.15, -0.1) is 0 Å². The van der Waals surface area contributed by atoms with Crippen LogP contribution < -0.4 is 5.32 Å². The van der Waals surface area contributed by atoms with Crippen molar-refractivity contribution in [3.8, 4) is 0 Å². The molecule has 82 valence electrons. The maximum absolute atomic E-state index is 11.3. The fourth-order valence-electron chi connectivity index (χ4n) is 1.81. The van der Waals surface area contributed by atoms with Crippen LogP contribution in [0.5, 0.6) is 0 Å². The Morgan fingerprint density at radius 3 is 2.93 bits per heavy atom. The molecular formula is C9H11NO5. The molecule has 3 atom stereocenters. The van der Waals surface area contributed by atoms with Crippen LogP contribution in [0.4, 0.5) is 4.79 Å². The van der Waals surface area contributed by atoms with E-state index in [9.17, 15) is 14.4 Å². The zero-order chi connectivity index (χ0) is 11.0. The number of cyclic esters (lactones) is 1. The molecule has 2 aliphatic rings. The summed E-state index contributed by atoms with van der Waals surface area (Å²) in [5.74, 6) is -0.980. The van der Waals surface area contributed by atoms with Gasteiger partial charge in [0.25, 0.3) is 0 Å². The predicted molar refractivity (Wildman–Crippen MR) is 46.9 cm³/mol. The number of ketones is 1. The Bertz CT molecular complexity index is 326. The number of nitrogens with one attached hydrogen (secondary N) is 1. The number of fused-ring (bicyclic) bond motifs is 1. The molecule has 1 N–H and O–H groups in total. The van der Waals surface area contributed by atoms with Crippen LogP contribution in [0, 0.1) is 11.8 Å². The van der Waals surface area contributed by atoms with Gasteiger partial charge in [-0.2, -0.15) is 0 Å². The van der Waals surface area contributed by atoms with E-state index in [2.05, 4.69) is 5.32 Å². The van der Waals surface area contributed by atoms with Crippen LogP contribution in [-0.4, -0.2) is 37.1 Å². The lowest BCUT2D eigenvalue weighted by atomic mass is 10.2. The van der Waals surface area contributed by atoms with Crippen molar-refractivity contribution < 1.29 is 23.9 Å². The van der Waals surface area contributed by atoms with Crippen LogP contribution in [-0.2, 0) is 19.1 Å². The molecule has 0 aromatic carbocycles. The SMILES string of the molecule is CC(=O)OC1COC(=O)NCC2C(=O)C12. The maximum atomic E-state index is 11.3. The highest BCUT2D eigenvalue weighted by Crippen LogP contribution is 2.38. The molecule has 1 saturated carbocycles. The van der Waals surface area contributed by atoms with Crippen molar-refractivity contribution in [2.45, 2.75) is 13.0 Å². The first kappa shape index (κ1) is 9.95. The molecule has 15 heavy (non-hydrogen) atoms. The minimum atomic E-state index is -0.619. The minimum Gasteiger partial charge on any atom is -0.458 e. The van der Waals surface area contributed by atoms with Gasteiger partial charge in [-0.05, 0) is 0 Å². The average molecular weight is 213 g/mol. The highest BCUT2D eigenvalue weighted by Gasteiger charge is 2.56. The second-order valence-electron chi connectivity index (χ2n) is 3.66. The predicted octanol–water partition coefficient (Wildman–Crippen LogP) is -0.527. The standard InChI is InChI=1S/C9H11NO5/c1-4(11)15-6-3-14-9(13)10-2-5-7(6)8(5)12/h5-7H,2-3H2,1H3,(H,10,13). The zero-order valence-electron chi connectivity index (χ0n) is 8.19. The first-order valence-electron chi connectivity index (χ1n) is 4.71. The van der Waals surface area contributed by atoms with Gasteiger partial charge >= 0.3 is 12.1 Å². The van der Waals surface area contributed by atoms with Gasteiger partial charge in [0.1, 0.15) is 18.5 Å². The summed E-state index contributed by atoms with van der Waals surface area (Å²) in [6.07, 6.45) is -1.20. The Balaban J connectivity index is 2.04. The van der Waals surface area contributed by atoms with E-state index in [-0.39, 0.29) is 30.8 Å². The molecule has 2 rings (SSSR count). The van der Waals surface area contributed by atoms with Crippen molar-refractivity contribution in [1.29, 1.82) is 0 Å². The first-order valence-corrected chi connectivity index (χ1v) is 4.71. The van der Waals surface area contributed by atoms with E-state index in [1.165, 1.54) is 6.92 Å². The summed E-state index contributed by atoms with van der Waals surface area (Å²) in [7, 11) is 0. The summed E-state index contributed by atoms with van der Waals surface area (Å²) in [6, 6.07) is 0. The van der Waals surface area contributed by atoms with Crippen LogP contribution in [0.3, 0.4) is 0 Å². The molecule has 1 saturated heterocycles. The number of ether oxygens (including phenoxy) is 2. The molecule has 0 radical (unpaired) electrons. The quantitative estimate of drug-likeness (QED) is 0.592. The second-order valence-corrected chi connectivity index (χ2v) is 3.66. The topological polar surface area (TPSA) is 81.7 Å². The summed E-state index contributed by atoms with van der Waals surface area (Å²) in [4.78, 5) is 33.1. The van der Waals surface area contributed by atoms with Gasteiger partial charge in [-0.1, -0.05) is 0 Å². The molecule has 0 spiro atoms. The van der Waals surface area contributed by atoms with Gasteiger partial charge in [-0.25, -0.2) is 4.79 Å². The van der Waals surface area contributed by atoms with Gasteiger partial charge in [0.15, 0.2) is 0 Å². The Morgan fingerprint density at radius 1 is 1.53 bits per heavy atom. The van der Waals surface area contributed by atoms with Gasteiger partial charge in [0, 0.05) is 19.4 Å². The Hall–Kier alpha value is -1.59. The first-order chi connectivity index (χ1) is 7.09.